The highest BCUT2D eigenvalue weighted by molar-refractivity contribution is 7.09. The number of benzene rings is 1. The van der Waals surface area contributed by atoms with Gasteiger partial charge < -0.3 is 10.1 Å². The smallest absolute Gasteiger partial charge is 0.123 e. The first-order valence-electron chi connectivity index (χ1n) is 5.63. The third-order valence-corrected chi connectivity index (χ3v) is 3.48. The Balaban J connectivity index is 2.01. The quantitative estimate of drug-likeness (QED) is 0.897. The second-order valence-corrected chi connectivity index (χ2v) is 4.85. The standard InChI is InChI=1S/C14H14N2OS/c1-17-14-5-4-11(8-15)7-12(14)9-16-10-13-3-2-6-18-13/h2-7,16H,9-10H2,1H3. The molecule has 3 nitrogen and oxygen atoms in total. The van der Waals surface area contributed by atoms with Gasteiger partial charge in [-0.3, -0.25) is 0 Å². The number of rotatable bonds is 5. The Kier molecular flexibility index (Phi) is 4.35. The summed E-state index contributed by atoms with van der Waals surface area (Å²) in [5, 5.41) is 14.3. The molecule has 0 saturated carbocycles. The fraction of sp³-hybridized carbons (Fsp3) is 0.214. The van der Waals surface area contributed by atoms with Crippen molar-refractivity contribution in [1.82, 2.24) is 5.32 Å². The summed E-state index contributed by atoms with van der Waals surface area (Å²) >= 11 is 1.73. The first kappa shape index (κ1) is 12.6. The number of hydrogen-bond acceptors (Lipinski definition) is 4. The second-order valence-electron chi connectivity index (χ2n) is 3.82. The number of ether oxygens (including phenoxy) is 1. The third-order valence-electron chi connectivity index (χ3n) is 2.60. The molecule has 0 aliphatic rings. The van der Waals surface area contributed by atoms with Crippen molar-refractivity contribution >= 4 is 11.3 Å². The van der Waals surface area contributed by atoms with Crippen LogP contribution in [0.1, 0.15) is 16.0 Å². The molecule has 0 unspecified atom stereocenters. The van der Waals surface area contributed by atoms with Gasteiger partial charge in [0.2, 0.25) is 0 Å². The van der Waals surface area contributed by atoms with E-state index in [1.807, 2.05) is 18.2 Å². The molecule has 0 fully saturated rings. The average Bonchev–Trinajstić information content (AvgIpc) is 2.92. The van der Waals surface area contributed by atoms with E-state index in [1.165, 1.54) is 4.88 Å². The third kappa shape index (κ3) is 3.10. The molecular formula is C14H14N2OS. The Labute approximate surface area is 111 Å². The molecule has 0 bridgehead atoms. The monoisotopic (exact) mass is 258 g/mol. The van der Waals surface area contributed by atoms with Gasteiger partial charge >= 0.3 is 0 Å². The van der Waals surface area contributed by atoms with Gasteiger partial charge in [0, 0.05) is 23.5 Å². The summed E-state index contributed by atoms with van der Waals surface area (Å²) in [6, 6.07) is 11.7. The molecule has 1 aromatic carbocycles. The molecule has 1 aromatic heterocycles. The second kappa shape index (κ2) is 6.20. The SMILES string of the molecule is COc1ccc(C#N)cc1CNCc1cccs1. The zero-order valence-corrected chi connectivity index (χ0v) is 11.0. The average molecular weight is 258 g/mol. The zero-order chi connectivity index (χ0) is 12.8. The van der Waals surface area contributed by atoms with Crippen molar-refractivity contribution in [3.05, 3.63) is 51.7 Å². The van der Waals surface area contributed by atoms with E-state index >= 15 is 0 Å². The highest BCUT2D eigenvalue weighted by Crippen LogP contribution is 2.19. The molecule has 2 aromatic rings. The maximum atomic E-state index is 8.89. The van der Waals surface area contributed by atoms with Gasteiger partial charge in [-0.25, -0.2) is 0 Å². The molecule has 0 spiro atoms. The van der Waals surface area contributed by atoms with Crippen molar-refractivity contribution in [2.75, 3.05) is 7.11 Å². The molecule has 0 radical (unpaired) electrons. The van der Waals surface area contributed by atoms with Gasteiger partial charge in [0.1, 0.15) is 5.75 Å². The molecule has 0 amide bonds. The number of thiophene rings is 1. The van der Waals surface area contributed by atoms with Gasteiger partial charge in [-0.15, -0.1) is 11.3 Å². The van der Waals surface area contributed by atoms with Crippen molar-refractivity contribution in [3.8, 4) is 11.8 Å². The summed E-state index contributed by atoms with van der Waals surface area (Å²) in [5.41, 5.74) is 1.66. The van der Waals surface area contributed by atoms with Crippen molar-refractivity contribution in [3.63, 3.8) is 0 Å². The first-order valence-corrected chi connectivity index (χ1v) is 6.51. The predicted octanol–water partition coefficient (Wildman–Crippen LogP) is 2.92. The van der Waals surface area contributed by atoms with Crippen LogP contribution in [0.3, 0.4) is 0 Å². The van der Waals surface area contributed by atoms with E-state index in [9.17, 15) is 0 Å². The van der Waals surface area contributed by atoms with Gasteiger partial charge in [0.05, 0.1) is 18.7 Å². The molecular weight excluding hydrogens is 244 g/mol. The van der Waals surface area contributed by atoms with Crippen LogP contribution in [0.5, 0.6) is 5.75 Å². The van der Waals surface area contributed by atoms with Crippen LogP contribution in [0.2, 0.25) is 0 Å². The van der Waals surface area contributed by atoms with Crippen LogP contribution in [0.4, 0.5) is 0 Å². The van der Waals surface area contributed by atoms with Gasteiger partial charge in [-0.2, -0.15) is 5.26 Å². The largest absolute Gasteiger partial charge is 0.496 e. The van der Waals surface area contributed by atoms with Crippen LogP contribution in [-0.4, -0.2) is 7.11 Å². The maximum Gasteiger partial charge on any atom is 0.123 e. The zero-order valence-electron chi connectivity index (χ0n) is 10.1. The molecule has 0 aliphatic heterocycles. The van der Waals surface area contributed by atoms with Gasteiger partial charge in [-0.1, -0.05) is 6.07 Å². The lowest BCUT2D eigenvalue weighted by Gasteiger charge is -2.09. The molecule has 2 rings (SSSR count). The van der Waals surface area contributed by atoms with E-state index in [0.717, 1.165) is 17.9 Å². The van der Waals surface area contributed by atoms with Gasteiger partial charge in [0.15, 0.2) is 0 Å². The molecule has 92 valence electrons. The summed E-state index contributed by atoms with van der Waals surface area (Å²) in [7, 11) is 1.64. The van der Waals surface area contributed by atoms with E-state index < -0.39 is 0 Å². The van der Waals surface area contributed by atoms with Crippen LogP contribution in [-0.2, 0) is 13.1 Å². The van der Waals surface area contributed by atoms with Crippen LogP contribution in [0.25, 0.3) is 0 Å². The summed E-state index contributed by atoms with van der Waals surface area (Å²) in [6.45, 7) is 1.52. The van der Waals surface area contributed by atoms with Gasteiger partial charge in [-0.05, 0) is 29.6 Å². The predicted molar refractivity (Wildman–Crippen MR) is 72.6 cm³/mol. The molecule has 1 heterocycles. The number of nitrogens with one attached hydrogen (secondary N) is 1. The number of nitrogens with zero attached hydrogens (tertiary/aromatic N) is 1. The Hall–Kier alpha value is -1.83. The Morgan fingerprint density at radius 1 is 1.33 bits per heavy atom. The fourth-order valence-corrected chi connectivity index (χ4v) is 2.39. The molecule has 0 saturated heterocycles. The minimum Gasteiger partial charge on any atom is -0.496 e. The molecule has 4 heteroatoms. The van der Waals surface area contributed by atoms with Crippen LogP contribution in [0, 0.1) is 11.3 Å². The van der Waals surface area contributed by atoms with Crippen molar-refractivity contribution in [2.45, 2.75) is 13.1 Å². The molecule has 0 atom stereocenters. The minimum atomic E-state index is 0.656. The summed E-state index contributed by atoms with van der Waals surface area (Å²) in [6.07, 6.45) is 0. The van der Waals surface area contributed by atoms with E-state index in [-0.39, 0.29) is 0 Å². The number of nitriles is 1. The topological polar surface area (TPSA) is 45.0 Å². The summed E-state index contributed by atoms with van der Waals surface area (Å²) < 4.78 is 5.29. The van der Waals surface area contributed by atoms with Crippen LogP contribution in [0.15, 0.2) is 35.7 Å². The lowest BCUT2D eigenvalue weighted by Crippen LogP contribution is -2.12. The van der Waals surface area contributed by atoms with E-state index in [2.05, 4.69) is 22.8 Å². The van der Waals surface area contributed by atoms with Gasteiger partial charge in [0.25, 0.3) is 0 Å². The lowest BCUT2D eigenvalue weighted by atomic mass is 10.1. The number of hydrogen-bond donors (Lipinski definition) is 1. The lowest BCUT2D eigenvalue weighted by molar-refractivity contribution is 0.407. The number of methoxy groups -OCH3 is 1. The van der Waals surface area contributed by atoms with Crippen molar-refractivity contribution in [2.24, 2.45) is 0 Å². The Bertz CT molecular complexity index is 543. The van der Waals surface area contributed by atoms with E-state index in [0.29, 0.717) is 12.1 Å². The fourth-order valence-electron chi connectivity index (χ4n) is 1.72. The molecule has 18 heavy (non-hydrogen) atoms. The summed E-state index contributed by atoms with van der Waals surface area (Å²) in [5.74, 6) is 0.813. The Morgan fingerprint density at radius 3 is 2.89 bits per heavy atom. The highest BCUT2D eigenvalue weighted by Gasteiger charge is 2.04. The normalized spacial score (nSPS) is 10.0. The van der Waals surface area contributed by atoms with E-state index in [1.54, 1.807) is 24.5 Å². The maximum absolute atomic E-state index is 8.89. The van der Waals surface area contributed by atoms with Crippen molar-refractivity contribution < 1.29 is 4.74 Å². The minimum absolute atomic E-state index is 0.656. The first-order chi connectivity index (χ1) is 8.83. The highest BCUT2D eigenvalue weighted by atomic mass is 32.1. The van der Waals surface area contributed by atoms with Crippen LogP contribution < -0.4 is 10.1 Å². The van der Waals surface area contributed by atoms with E-state index in [4.69, 9.17) is 10.00 Å². The summed E-state index contributed by atoms with van der Waals surface area (Å²) in [4.78, 5) is 1.30. The molecule has 0 aliphatic carbocycles. The van der Waals surface area contributed by atoms with Crippen molar-refractivity contribution in [1.29, 1.82) is 5.26 Å². The van der Waals surface area contributed by atoms with Crippen LogP contribution >= 0.6 is 11.3 Å². The Morgan fingerprint density at radius 2 is 2.22 bits per heavy atom. The molecule has 1 N–H and O–H groups in total.